The van der Waals surface area contributed by atoms with Gasteiger partial charge in [0.1, 0.15) is 5.82 Å². The summed E-state index contributed by atoms with van der Waals surface area (Å²) in [5, 5.41) is 10.4. The largest absolute Gasteiger partial charge is 0.391 e. The molecule has 2 rings (SSSR count). The third-order valence-corrected chi connectivity index (χ3v) is 4.16. The highest BCUT2D eigenvalue weighted by atomic mass is 19.1. The fourth-order valence-electron chi connectivity index (χ4n) is 2.98. The molecule has 1 fully saturated rings. The Balaban J connectivity index is 1.98. The predicted molar refractivity (Wildman–Crippen MR) is 76.9 cm³/mol. The number of nitrogens with zero attached hydrogens (tertiary/aromatic N) is 1. The van der Waals surface area contributed by atoms with Crippen LogP contribution in [0, 0.1) is 11.7 Å². The molecule has 1 N–H and O–H groups in total. The minimum atomic E-state index is -0.302. The molecule has 1 saturated carbocycles. The molecule has 19 heavy (non-hydrogen) atoms. The van der Waals surface area contributed by atoms with Gasteiger partial charge < -0.3 is 10.0 Å². The van der Waals surface area contributed by atoms with E-state index >= 15 is 0 Å². The Hall–Kier alpha value is -1.09. The van der Waals surface area contributed by atoms with Crippen LogP contribution < -0.4 is 4.90 Å². The molecular formula is C16H24FNO. The van der Waals surface area contributed by atoms with Gasteiger partial charge in [0.2, 0.25) is 0 Å². The van der Waals surface area contributed by atoms with Crippen molar-refractivity contribution in [3.8, 4) is 0 Å². The molecule has 2 nitrogen and oxygen atoms in total. The number of anilines is 1. The Morgan fingerprint density at radius 1 is 1.32 bits per heavy atom. The summed E-state index contributed by atoms with van der Waals surface area (Å²) in [6, 6.07) is 6.62. The molecule has 106 valence electrons. The molecule has 0 amide bonds. The number of hydrogen-bond acceptors (Lipinski definition) is 2. The third kappa shape index (κ3) is 3.93. The maximum atomic E-state index is 13.3. The van der Waals surface area contributed by atoms with Crippen molar-refractivity contribution in [2.75, 3.05) is 18.0 Å². The molecule has 1 aromatic rings. The highest BCUT2D eigenvalue weighted by Crippen LogP contribution is 2.27. The zero-order valence-electron chi connectivity index (χ0n) is 11.7. The summed E-state index contributed by atoms with van der Waals surface area (Å²) >= 11 is 0. The van der Waals surface area contributed by atoms with Crippen LogP contribution in [0.2, 0.25) is 0 Å². The van der Waals surface area contributed by atoms with Crippen molar-refractivity contribution in [3.05, 3.63) is 30.1 Å². The lowest BCUT2D eigenvalue weighted by atomic mass is 9.85. The van der Waals surface area contributed by atoms with Crippen LogP contribution in [0.25, 0.3) is 0 Å². The number of hydrogen-bond donors (Lipinski definition) is 1. The van der Waals surface area contributed by atoms with Crippen LogP contribution in [0.4, 0.5) is 10.1 Å². The molecule has 1 aromatic carbocycles. The predicted octanol–water partition coefficient (Wildman–Crippen LogP) is 3.59. The van der Waals surface area contributed by atoms with Gasteiger partial charge in [-0.3, -0.25) is 0 Å². The van der Waals surface area contributed by atoms with E-state index in [0.29, 0.717) is 12.5 Å². The number of halogens is 1. The van der Waals surface area contributed by atoms with Gasteiger partial charge in [-0.05, 0) is 43.9 Å². The summed E-state index contributed by atoms with van der Waals surface area (Å²) < 4.78 is 13.3. The van der Waals surface area contributed by atoms with Crippen LogP contribution in [-0.4, -0.2) is 24.3 Å². The van der Waals surface area contributed by atoms with Crippen molar-refractivity contribution in [1.29, 1.82) is 0 Å². The van der Waals surface area contributed by atoms with E-state index in [2.05, 4.69) is 4.90 Å². The average Bonchev–Trinajstić information content (AvgIpc) is 2.45. The fourth-order valence-corrected chi connectivity index (χ4v) is 2.98. The van der Waals surface area contributed by atoms with Crippen LogP contribution >= 0.6 is 0 Å². The summed E-state index contributed by atoms with van der Waals surface area (Å²) in [6.45, 7) is 3.43. The van der Waals surface area contributed by atoms with E-state index in [0.717, 1.165) is 25.1 Å². The standard InChI is InChI=1S/C16H24FNO/c1-2-18(15-10-6-9-14(17)11-15)12-16(19)13-7-4-3-5-8-13/h6,9-11,13,16,19H,2-5,7-8,12H2,1H3. The summed E-state index contributed by atoms with van der Waals surface area (Å²) in [5.41, 5.74) is 0.859. The summed E-state index contributed by atoms with van der Waals surface area (Å²) in [6.07, 6.45) is 5.71. The van der Waals surface area contributed by atoms with E-state index < -0.39 is 0 Å². The van der Waals surface area contributed by atoms with E-state index in [1.54, 1.807) is 6.07 Å². The zero-order chi connectivity index (χ0) is 13.7. The summed E-state index contributed by atoms with van der Waals surface area (Å²) in [7, 11) is 0. The van der Waals surface area contributed by atoms with Gasteiger partial charge in [-0.15, -0.1) is 0 Å². The van der Waals surface area contributed by atoms with Crippen molar-refractivity contribution in [2.45, 2.75) is 45.1 Å². The van der Waals surface area contributed by atoms with Gasteiger partial charge in [-0.25, -0.2) is 4.39 Å². The van der Waals surface area contributed by atoms with Gasteiger partial charge in [0.05, 0.1) is 6.10 Å². The van der Waals surface area contributed by atoms with Gasteiger partial charge in [-0.1, -0.05) is 25.3 Å². The zero-order valence-corrected chi connectivity index (χ0v) is 11.7. The number of likely N-dealkylation sites (N-methyl/N-ethyl adjacent to an activating group) is 1. The Labute approximate surface area is 115 Å². The van der Waals surface area contributed by atoms with Crippen LogP contribution in [0.1, 0.15) is 39.0 Å². The van der Waals surface area contributed by atoms with Crippen LogP contribution in [0.5, 0.6) is 0 Å². The van der Waals surface area contributed by atoms with Crippen LogP contribution in [0.3, 0.4) is 0 Å². The van der Waals surface area contributed by atoms with Crippen molar-refractivity contribution < 1.29 is 9.50 Å². The lowest BCUT2D eigenvalue weighted by molar-refractivity contribution is 0.0902. The number of benzene rings is 1. The maximum absolute atomic E-state index is 13.3. The second-order valence-electron chi connectivity index (χ2n) is 5.48. The Morgan fingerprint density at radius 2 is 2.05 bits per heavy atom. The molecule has 0 radical (unpaired) electrons. The number of aliphatic hydroxyl groups excluding tert-OH is 1. The first-order chi connectivity index (χ1) is 9.20. The lowest BCUT2D eigenvalue weighted by Crippen LogP contribution is -2.37. The van der Waals surface area contributed by atoms with Gasteiger partial charge in [0.15, 0.2) is 0 Å². The summed E-state index contributed by atoms with van der Waals surface area (Å²) in [4.78, 5) is 2.06. The van der Waals surface area contributed by atoms with Crippen molar-refractivity contribution >= 4 is 5.69 Å². The quantitative estimate of drug-likeness (QED) is 0.879. The Morgan fingerprint density at radius 3 is 2.68 bits per heavy atom. The molecule has 1 aliphatic carbocycles. The Bertz CT molecular complexity index is 390. The first-order valence-electron chi connectivity index (χ1n) is 7.39. The SMILES string of the molecule is CCN(CC(O)C1CCCCC1)c1cccc(F)c1. The average molecular weight is 265 g/mol. The van der Waals surface area contributed by atoms with Gasteiger partial charge in [-0.2, -0.15) is 0 Å². The minimum absolute atomic E-state index is 0.219. The number of rotatable bonds is 5. The van der Waals surface area contributed by atoms with Crippen LogP contribution in [0.15, 0.2) is 24.3 Å². The van der Waals surface area contributed by atoms with Crippen molar-refractivity contribution in [2.24, 2.45) is 5.92 Å². The lowest BCUT2D eigenvalue weighted by Gasteiger charge is -2.32. The van der Waals surface area contributed by atoms with Gasteiger partial charge in [0.25, 0.3) is 0 Å². The van der Waals surface area contributed by atoms with E-state index in [9.17, 15) is 9.50 Å². The highest BCUT2D eigenvalue weighted by molar-refractivity contribution is 5.46. The maximum Gasteiger partial charge on any atom is 0.125 e. The molecule has 3 heteroatoms. The minimum Gasteiger partial charge on any atom is -0.391 e. The molecule has 1 unspecified atom stereocenters. The smallest absolute Gasteiger partial charge is 0.125 e. The van der Waals surface area contributed by atoms with Crippen molar-refractivity contribution in [1.82, 2.24) is 0 Å². The second-order valence-corrected chi connectivity index (χ2v) is 5.48. The van der Waals surface area contributed by atoms with Gasteiger partial charge in [0, 0.05) is 18.8 Å². The Kier molecular flexibility index (Phi) is 5.20. The van der Waals surface area contributed by atoms with E-state index in [1.807, 2.05) is 13.0 Å². The third-order valence-electron chi connectivity index (χ3n) is 4.16. The van der Waals surface area contributed by atoms with E-state index in [-0.39, 0.29) is 11.9 Å². The number of aliphatic hydroxyl groups is 1. The topological polar surface area (TPSA) is 23.5 Å². The van der Waals surface area contributed by atoms with Crippen LogP contribution in [-0.2, 0) is 0 Å². The summed E-state index contributed by atoms with van der Waals surface area (Å²) in [5.74, 6) is 0.194. The van der Waals surface area contributed by atoms with E-state index in [4.69, 9.17) is 0 Å². The molecular weight excluding hydrogens is 241 g/mol. The van der Waals surface area contributed by atoms with Gasteiger partial charge >= 0.3 is 0 Å². The fraction of sp³-hybridized carbons (Fsp3) is 0.625. The molecule has 0 heterocycles. The monoisotopic (exact) mass is 265 g/mol. The van der Waals surface area contributed by atoms with E-state index in [1.165, 1.54) is 31.4 Å². The highest BCUT2D eigenvalue weighted by Gasteiger charge is 2.23. The molecule has 0 spiro atoms. The molecule has 0 bridgehead atoms. The molecule has 0 aliphatic heterocycles. The first-order valence-corrected chi connectivity index (χ1v) is 7.39. The first kappa shape index (κ1) is 14.3. The molecule has 0 aromatic heterocycles. The molecule has 1 aliphatic rings. The normalized spacial score (nSPS) is 18.3. The molecule has 0 saturated heterocycles. The molecule has 1 atom stereocenters. The second kappa shape index (κ2) is 6.90. The van der Waals surface area contributed by atoms with Crippen molar-refractivity contribution in [3.63, 3.8) is 0 Å².